The molecule has 0 radical (unpaired) electrons. The van der Waals surface area contributed by atoms with Gasteiger partial charge in [-0.2, -0.15) is 16.6 Å². The maximum absolute atomic E-state index is 11.8. The molecule has 0 aromatic carbocycles. The number of aromatic nitrogens is 4. The molecular weight excluding hydrogens is 232 g/mol. The van der Waals surface area contributed by atoms with E-state index >= 15 is 0 Å². The van der Waals surface area contributed by atoms with Crippen LogP contribution in [0.5, 0.6) is 0 Å². The van der Waals surface area contributed by atoms with Gasteiger partial charge in [0.15, 0.2) is 11.6 Å². The summed E-state index contributed by atoms with van der Waals surface area (Å²) < 4.78 is 0. The molecule has 0 amide bonds. The maximum Gasteiger partial charge on any atom is 0.182 e. The number of aryl methyl sites for hydroxylation is 1. The van der Waals surface area contributed by atoms with E-state index in [2.05, 4.69) is 15.4 Å². The summed E-state index contributed by atoms with van der Waals surface area (Å²) in [5.74, 6) is 3.88. The molecule has 1 fully saturated rings. The van der Waals surface area contributed by atoms with Gasteiger partial charge in [-0.15, -0.1) is 22.0 Å². The number of thioether (sulfide) groups is 2. The highest BCUT2D eigenvalue weighted by Crippen LogP contribution is 2.25. The van der Waals surface area contributed by atoms with Gasteiger partial charge in [-0.3, -0.25) is 4.79 Å². The summed E-state index contributed by atoms with van der Waals surface area (Å²) in [6, 6.07) is 0. The summed E-state index contributed by atoms with van der Waals surface area (Å²) in [5.41, 5.74) is 0. The normalized spacial score (nSPS) is 21.5. The molecule has 0 aliphatic carbocycles. The Morgan fingerprint density at radius 2 is 2.47 bits per heavy atom. The first-order chi connectivity index (χ1) is 7.25. The Balaban J connectivity index is 1.91. The monoisotopic (exact) mass is 244 g/mol. The fourth-order valence-electron chi connectivity index (χ4n) is 1.34. The molecule has 1 aromatic rings. The highest BCUT2D eigenvalue weighted by molar-refractivity contribution is 8.07. The molecule has 1 aliphatic rings. The van der Waals surface area contributed by atoms with E-state index in [0.717, 1.165) is 17.3 Å². The molecule has 1 unspecified atom stereocenters. The van der Waals surface area contributed by atoms with Crippen LogP contribution in [-0.4, -0.2) is 48.5 Å². The molecule has 0 N–H and O–H groups in total. The van der Waals surface area contributed by atoms with Gasteiger partial charge in [0.05, 0.1) is 18.7 Å². The number of ketones is 1. The first-order valence-corrected chi connectivity index (χ1v) is 6.91. The first kappa shape index (κ1) is 10.9. The van der Waals surface area contributed by atoms with Crippen molar-refractivity contribution in [3.8, 4) is 0 Å². The predicted molar refractivity (Wildman–Crippen MR) is 61.1 cm³/mol. The minimum atomic E-state index is 0.118. The van der Waals surface area contributed by atoms with Crippen molar-refractivity contribution in [2.75, 3.05) is 17.3 Å². The number of rotatable bonds is 3. The SMILES string of the molecule is Cn1nnc(CC(=O)C2CSCCS2)n1. The zero-order chi connectivity index (χ0) is 10.7. The Morgan fingerprint density at radius 3 is 3.07 bits per heavy atom. The van der Waals surface area contributed by atoms with Gasteiger partial charge in [0.25, 0.3) is 0 Å². The number of Topliss-reactive ketones (excluding diaryl/α,β-unsaturated/α-hetero) is 1. The van der Waals surface area contributed by atoms with Gasteiger partial charge in [0, 0.05) is 17.3 Å². The van der Waals surface area contributed by atoms with Crippen molar-refractivity contribution in [2.45, 2.75) is 11.7 Å². The van der Waals surface area contributed by atoms with Gasteiger partial charge in [-0.25, -0.2) is 0 Å². The molecule has 2 heterocycles. The third kappa shape index (κ3) is 2.94. The van der Waals surface area contributed by atoms with Crippen molar-refractivity contribution in [2.24, 2.45) is 7.05 Å². The van der Waals surface area contributed by atoms with Gasteiger partial charge >= 0.3 is 0 Å². The van der Waals surface area contributed by atoms with Crippen molar-refractivity contribution >= 4 is 29.3 Å². The Labute approximate surface area is 96.4 Å². The van der Waals surface area contributed by atoms with Crippen LogP contribution in [0.15, 0.2) is 0 Å². The van der Waals surface area contributed by atoms with Crippen LogP contribution in [0.1, 0.15) is 5.82 Å². The standard InChI is InChI=1S/C8H12N4OS2/c1-12-10-8(9-11-12)4-6(13)7-5-14-2-3-15-7/h7H,2-5H2,1H3. The van der Waals surface area contributed by atoms with E-state index in [4.69, 9.17) is 0 Å². The van der Waals surface area contributed by atoms with Crippen LogP contribution in [0, 0.1) is 0 Å². The highest BCUT2D eigenvalue weighted by atomic mass is 32.2. The number of carbonyl (C=O) groups is 1. The van der Waals surface area contributed by atoms with Crippen molar-refractivity contribution in [3.05, 3.63) is 5.82 Å². The van der Waals surface area contributed by atoms with E-state index in [9.17, 15) is 4.79 Å². The van der Waals surface area contributed by atoms with Gasteiger partial charge in [-0.05, 0) is 5.21 Å². The summed E-state index contributed by atoms with van der Waals surface area (Å²) in [6.07, 6.45) is 0.312. The van der Waals surface area contributed by atoms with Crippen molar-refractivity contribution in [1.29, 1.82) is 0 Å². The number of hydrogen-bond acceptors (Lipinski definition) is 6. The average Bonchev–Trinajstić information content (AvgIpc) is 2.65. The van der Waals surface area contributed by atoms with Crippen LogP contribution in [0.3, 0.4) is 0 Å². The fraction of sp³-hybridized carbons (Fsp3) is 0.750. The van der Waals surface area contributed by atoms with E-state index in [1.54, 1.807) is 18.8 Å². The van der Waals surface area contributed by atoms with Crippen molar-refractivity contribution < 1.29 is 4.79 Å². The summed E-state index contributed by atoms with van der Waals surface area (Å²) in [5, 5.41) is 11.6. The molecule has 0 spiro atoms. The summed E-state index contributed by atoms with van der Waals surface area (Å²) in [4.78, 5) is 13.2. The molecule has 7 heteroatoms. The van der Waals surface area contributed by atoms with Crippen LogP contribution in [0.2, 0.25) is 0 Å². The molecule has 1 atom stereocenters. The molecule has 1 saturated heterocycles. The molecule has 0 saturated carbocycles. The van der Waals surface area contributed by atoms with Gasteiger partial charge in [-0.1, -0.05) is 0 Å². The maximum atomic E-state index is 11.8. The van der Waals surface area contributed by atoms with E-state index < -0.39 is 0 Å². The summed E-state index contributed by atoms with van der Waals surface area (Å²) in [6.45, 7) is 0. The zero-order valence-corrected chi connectivity index (χ0v) is 10.1. The molecule has 15 heavy (non-hydrogen) atoms. The number of hydrogen-bond donors (Lipinski definition) is 0. The topological polar surface area (TPSA) is 60.7 Å². The van der Waals surface area contributed by atoms with Gasteiger partial charge in [0.1, 0.15) is 0 Å². The van der Waals surface area contributed by atoms with Gasteiger partial charge < -0.3 is 0 Å². The van der Waals surface area contributed by atoms with Crippen LogP contribution >= 0.6 is 23.5 Å². The largest absolute Gasteiger partial charge is 0.298 e. The molecule has 1 aliphatic heterocycles. The fourth-order valence-corrected chi connectivity index (χ4v) is 3.99. The van der Waals surface area contributed by atoms with E-state index in [-0.39, 0.29) is 11.0 Å². The second-order valence-corrected chi connectivity index (χ2v) is 5.73. The Morgan fingerprint density at radius 1 is 1.60 bits per heavy atom. The smallest absolute Gasteiger partial charge is 0.182 e. The molecule has 1 aromatic heterocycles. The Kier molecular flexibility index (Phi) is 3.63. The Hall–Kier alpha value is -0.560. The second-order valence-electron chi connectivity index (χ2n) is 3.27. The molecule has 5 nitrogen and oxygen atoms in total. The number of tetrazole rings is 1. The van der Waals surface area contributed by atoms with Crippen molar-refractivity contribution in [1.82, 2.24) is 20.2 Å². The predicted octanol–water partition coefficient (Wildman–Crippen LogP) is 0.170. The summed E-state index contributed by atoms with van der Waals surface area (Å²) >= 11 is 3.59. The lowest BCUT2D eigenvalue weighted by atomic mass is 10.2. The average molecular weight is 244 g/mol. The summed E-state index contributed by atoms with van der Waals surface area (Å²) in [7, 11) is 1.70. The van der Waals surface area contributed by atoms with Crippen molar-refractivity contribution in [3.63, 3.8) is 0 Å². The molecular formula is C8H12N4OS2. The molecule has 2 rings (SSSR count). The van der Waals surface area contributed by atoms with Crippen LogP contribution in [0.25, 0.3) is 0 Å². The number of carbonyl (C=O) groups excluding carboxylic acids is 1. The van der Waals surface area contributed by atoms with E-state index in [1.807, 2.05) is 11.8 Å². The Bertz CT molecular complexity index is 348. The highest BCUT2D eigenvalue weighted by Gasteiger charge is 2.23. The number of nitrogens with zero attached hydrogens (tertiary/aromatic N) is 4. The lowest BCUT2D eigenvalue weighted by molar-refractivity contribution is -0.117. The van der Waals surface area contributed by atoms with Crippen LogP contribution < -0.4 is 0 Å². The minimum absolute atomic E-state index is 0.118. The molecule has 82 valence electrons. The third-order valence-electron chi connectivity index (χ3n) is 2.06. The first-order valence-electron chi connectivity index (χ1n) is 4.70. The molecule has 0 bridgehead atoms. The second kappa shape index (κ2) is 4.98. The third-order valence-corrected chi connectivity index (χ3v) is 4.86. The van der Waals surface area contributed by atoms with Crippen LogP contribution in [0.4, 0.5) is 0 Å². The quantitative estimate of drug-likeness (QED) is 0.755. The minimum Gasteiger partial charge on any atom is -0.298 e. The van der Waals surface area contributed by atoms with Crippen LogP contribution in [-0.2, 0) is 18.3 Å². The lowest BCUT2D eigenvalue weighted by Crippen LogP contribution is -2.26. The van der Waals surface area contributed by atoms with E-state index in [0.29, 0.717) is 12.2 Å². The van der Waals surface area contributed by atoms with E-state index in [1.165, 1.54) is 4.80 Å². The zero-order valence-electron chi connectivity index (χ0n) is 8.42. The lowest BCUT2D eigenvalue weighted by Gasteiger charge is -2.18. The van der Waals surface area contributed by atoms with Gasteiger partial charge in [0.2, 0.25) is 0 Å².